The second-order valence-corrected chi connectivity index (χ2v) is 3.65. The van der Waals surface area contributed by atoms with Gasteiger partial charge in [-0.05, 0) is 26.0 Å². The molecule has 3 nitrogen and oxygen atoms in total. The molecule has 1 aromatic heterocycles. The van der Waals surface area contributed by atoms with Crippen LogP contribution in [-0.4, -0.2) is 15.6 Å². The Morgan fingerprint density at radius 2 is 2.20 bits per heavy atom. The van der Waals surface area contributed by atoms with Crippen LogP contribution in [0.2, 0.25) is 0 Å². The van der Waals surface area contributed by atoms with Crippen LogP contribution in [0.5, 0.6) is 0 Å². The first kappa shape index (κ1) is 9.77. The van der Waals surface area contributed by atoms with Crippen LogP contribution in [0.3, 0.4) is 0 Å². The lowest BCUT2D eigenvalue weighted by Crippen LogP contribution is -1.94. The molecule has 0 radical (unpaired) electrons. The Morgan fingerprint density at radius 1 is 1.47 bits per heavy atom. The summed E-state index contributed by atoms with van der Waals surface area (Å²) in [5.41, 5.74) is 2.45. The van der Waals surface area contributed by atoms with Crippen molar-refractivity contribution in [3.63, 3.8) is 0 Å². The van der Waals surface area contributed by atoms with E-state index in [0.717, 1.165) is 23.0 Å². The molecule has 0 atom stereocenters. The summed E-state index contributed by atoms with van der Waals surface area (Å²) in [6.45, 7) is 4.76. The number of aromatic nitrogens is 1. The van der Waals surface area contributed by atoms with E-state index in [4.69, 9.17) is 5.11 Å². The van der Waals surface area contributed by atoms with Crippen molar-refractivity contribution in [3.05, 3.63) is 35.5 Å². The molecular weight excluding hydrogens is 190 g/mol. The third-order valence-electron chi connectivity index (χ3n) is 2.61. The molecule has 0 amide bonds. The number of hydrogen-bond acceptors (Lipinski definition) is 1. The van der Waals surface area contributed by atoms with Crippen LogP contribution >= 0.6 is 0 Å². The van der Waals surface area contributed by atoms with E-state index >= 15 is 0 Å². The fraction of sp³-hybridized carbons (Fsp3) is 0.250. The van der Waals surface area contributed by atoms with Gasteiger partial charge in [0.05, 0.1) is 5.56 Å². The molecule has 1 aromatic carbocycles. The van der Waals surface area contributed by atoms with Crippen molar-refractivity contribution in [2.45, 2.75) is 20.4 Å². The van der Waals surface area contributed by atoms with E-state index in [1.807, 2.05) is 36.6 Å². The second kappa shape index (κ2) is 3.42. The van der Waals surface area contributed by atoms with Crippen molar-refractivity contribution in [2.24, 2.45) is 0 Å². The summed E-state index contributed by atoms with van der Waals surface area (Å²) >= 11 is 0. The molecule has 15 heavy (non-hydrogen) atoms. The molecule has 2 rings (SSSR count). The highest BCUT2D eigenvalue weighted by Crippen LogP contribution is 2.22. The summed E-state index contributed by atoms with van der Waals surface area (Å²) in [7, 11) is 0. The zero-order chi connectivity index (χ0) is 11.0. The number of hydrogen-bond donors (Lipinski definition) is 1. The van der Waals surface area contributed by atoms with Crippen LogP contribution in [0.1, 0.15) is 22.8 Å². The average Bonchev–Trinajstić information content (AvgIpc) is 2.55. The highest BCUT2D eigenvalue weighted by atomic mass is 16.4. The number of benzene rings is 1. The van der Waals surface area contributed by atoms with Crippen molar-refractivity contribution in [1.82, 2.24) is 4.57 Å². The van der Waals surface area contributed by atoms with Gasteiger partial charge in [-0.1, -0.05) is 11.6 Å². The third kappa shape index (κ3) is 1.50. The number of rotatable bonds is 2. The molecule has 3 heteroatoms. The molecule has 1 N–H and O–H groups in total. The van der Waals surface area contributed by atoms with Crippen LogP contribution in [-0.2, 0) is 6.54 Å². The Balaban J connectivity index is 2.81. The van der Waals surface area contributed by atoms with E-state index in [-0.39, 0.29) is 0 Å². The number of carboxylic acid groups (broad SMARTS) is 1. The molecule has 0 aliphatic rings. The Kier molecular flexibility index (Phi) is 2.23. The summed E-state index contributed by atoms with van der Waals surface area (Å²) in [5.74, 6) is -0.863. The average molecular weight is 203 g/mol. The van der Waals surface area contributed by atoms with Gasteiger partial charge in [0, 0.05) is 23.6 Å². The van der Waals surface area contributed by atoms with Crippen LogP contribution in [0, 0.1) is 6.92 Å². The smallest absolute Gasteiger partial charge is 0.337 e. The van der Waals surface area contributed by atoms with Gasteiger partial charge in [-0.15, -0.1) is 0 Å². The maximum atomic E-state index is 11.0. The van der Waals surface area contributed by atoms with Gasteiger partial charge in [0.1, 0.15) is 0 Å². The minimum absolute atomic E-state index is 0.385. The highest BCUT2D eigenvalue weighted by Gasteiger charge is 2.12. The lowest BCUT2D eigenvalue weighted by atomic mass is 10.1. The van der Waals surface area contributed by atoms with Crippen molar-refractivity contribution in [1.29, 1.82) is 0 Å². The molecule has 1 heterocycles. The van der Waals surface area contributed by atoms with Crippen LogP contribution < -0.4 is 0 Å². The lowest BCUT2D eigenvalue weighted by Gasteiger charge is -1.99. The largest absolute Gasteiger partial charge is 0.478 e. The molecular formula is C12H13NO2. The topological polar surface area (TPSA) is 42.2 Å². The minimum Gasteiger partial charge on any atom is -0.478 e. The maximum absolute atomic E-state index is 11.0. The van der Waals surface area contributed by atoms with Crippen molar-refractivity contribution < 1.29 is 9.90 Å². The number of fused-ring (bicyclic) bond motifs is 1. The van der Waals surface area contributed by atoms with Gasteiger partial charge < -0.3 is 9.67 Å². The maximum Gasteiger partial charge on any atom is 0.337 e. The zero-order valence-corrected chi connectivity index (χ0v) is 8.82. The van der Waals surface area contributed by atoms with E-state index in [1.165, 1.54) is 0 Å². The summed E-state index contributed by atoms with van der Waals surface area (Å²) in [6.07, 6.45) is 1.70. The normalized spacial score (nSPS) is 10.8. The Morgan fingerprint density at radius 3 is 2.80 bits per heavy atom. The molecule has 0 aliphatic heterocycles. The molecule has 0 aliphatic carbocycles. The monoisotopic (exact) mass is 203 g/mol. The van der Waals surface area contributed by atoms with E-state index in [1.54, 1.807) is 6.20 Å². The van der Waals surface area contributed by atoms with Crippen LogP contribution in [0.15, 0.2) is 24.4 Å². The van der Waals surface area contributed by atoms with Gasteiger partial charge in [0.15, 0.2) is 0 Å². The quantitative estimate of drug-likeness (QED) is 0.815. The second-order valence-electron chi connectivity index (χ2n) is 3.65. The Hall–Kier alpha value is -1.77. The standard InChI is InChI=1S/C12H13NO2/c1-3-13-7-10(12(14)15)9-6-8(2)4-5-11(9)13/h4-7H,3H2,1-2H3,(H,14,15). The van der Waals surface area contributed by atoms with Crippen LogP contribution in [0.4, 0.5) is 0 Å². The van der Waals surface area contributed by atoms with E-state index in [2.05, 4.69) is 0 Å². The molecule has 0 saturated carbocycles. The zero-order valence-electron chi connectivity index (χ0n) is 8.82. The van der Waals surface area contributed by atoms with Crippen molar-refractivity contribution >= 4 is 16.9 Å². The molecule has 0 unspecified atom stereocenters. The Bertz CT molecular complexity index is 526. The SMILES string of the molecule is CCn1cc(C(=O)O)c2cc(C)ccc21. The molecule has 2 aromatic rings. The van der Waals surface area contributed by atoms with Gasteiger partial charge in [-0.2, -0.15) is 0 Å². The summed E-state index contributed by atoms with van der Waals surface area (Å²) in [5, 5.41) is 9.89. The molecule has 0 bridgehead atoms. The first-order valence-electron chi connectivity index (χ1n) is 4.96. The first-order valence-corrected chi connectivity index (χ1v) is 4.96. The van der Waals surface area contributed by atoms with Crippen LogP contribution in [0.25, 0.3) is 10.9 Å². The summed E-state index contributed by atoms with van der Waals surface area (Å²) in [6, 6.07) is 5.89. The predicted molar refractivity (Wildman–Crippen MR) is 59.3 cm³/mol. The van der Waals surface area contributed by atoms with Gasteiger partial charge in [0.25, 0.3) is 0 Å². The highest BCUT2D eigenvalue weighted by molar-refractivity contribution is 6.03. The molecule has 78 valence electrons. The number of aromatic carboxylic acids is 1. The van der Waals surface area contributed by atoms with Gasteiger partial charge in [-0.3, -0.25) is 0 Å². The minimum atomic E-state index is -0.863. The third-order valence-corrected chi connectivity index (χ3v) is 2.61. The van der Waals surface area contributed by atoms with E-state index in [9.17, 15) is 4.79 Å². The van der Waals surface area contributed by atoms with Gasteiger partial charge >= 0.3 is 5.97 Å². The predicted octanol–water partition coefficient (Wildman–Crippen LogP) is 2.67. The number of aryl methyl sites for hydroxylation is 2. The molecule has 0 saturated heterocycles. The lowest BCUT2D eigenvalue weighted by molar-refractivity contribution is 0.0699. The number of carbonyl (C=O) groups is 1. The summed E-state index contributed by atoms with van der Waals surface area (Å²) < 4.78 is 1.96. The first-order chi connectivity index (χ1) is 7.13. The van der Waals surface area contributed by atoms with E-state index < -0.39 is 5.97 Å². The van der Waals surface area contributed by atoms with Crippen molar-refractivity contribution in [2.75, 3.05) is 0 Å². The Labute approximate surface area is 87.9 Å². The van der Waals surface area contributed by atoms with Gasteiger partial charge in [0.2, 0.25) is 0 Å². The fourth-order valence-electron chi connectivity index (χ4n) is 1.84. The van der Waals surface area contributed by atoms with Crippen molar-refractivity contribution in [3.8, 4) is 0 Å². The number of carboxylic acids is 1. The molecule has 0 fully saturated rings. The fourth-order valence-corrected chi connectivity index (χ4v) is 1.84. The van der Waals surface area contributed by atoms with E-state index in [0.29, 0.717) is 5.56 Å². The number of nitrogens with zero attached hydrogens (tertiary/aromatic N) is 1. The van der Waals surface area contributed by atoms with Gasteiger partial charge in [-0.25, -0.2) is 4.79 Å². The molecule has 0 spiro atoms. The summed E-state index contributed by atoms with van der Waals surface area (Å²) in [4.78, 5) is 11.0.